The topological polar surface area (TPSA) is 0 Å². The predicted octanol–water partition coefficient (Wildman–Crippen LogP) is 7.18. The van der Waals surface area contributed by atoms with Crippen molar-refractivity contribution in [2.45, 2.75) is 93.9 Å². The van der Waals surface area contributed by atoms with Gasteiger partial charge in [0.1, 0.15) is 0 Å². The number of hydrogen-bond donors (Lipinski definition) is 0. The van der Waals surface area contributed by atoms with Crippen LogP contribution in [-0.4, -0.2) is 0 Å². The summed E-state index contributed by atoms with van der Waals surface area (Å²) in [4.78, 5) is 0. The third-order valence-corrected chi connectivity index (χ3v) is 4.58. The number of rotatable bonds is 11. The first-order chi connectivity index (χ1) is 9.22. The van der Waals surface area contributed by atoms with Gasteiger partial charge in [-0.25, -0.2) is 0 Å². The fraction of sp³-hybridized carbons (Fsp3) is 1.00. The van der Waals surface area contributed by atoms with E-state index in [2.05, 4.69) is 55.4 Å². The zero-order chi connectivity index (χ0) is 15.7. The third-order valence-electron chi connectivity index (χ3n) is 4.58. The van der Waals surface area contributed by atoms with E-state index in [0.29, 0.717) is 0 Å². The summed E-state index contributed by atoms with van der Waals surface area (Å²) in [6, 6.07) is 0. The van der Waals surface area contributed by atoms with Gasteiger partial charge < -0.3 is 0 Å². The molecule has 122 valence electrons. The van der Waals surface area contributed by atoms with E-state index in [9.17, 15) is 0 Å². The van der Waals surface area contributed by atoms with Crippen molar-refractivity contribution in [2.75, 3.05) is 0 Å². The maximum absolute atomic E-state index is 2.51. The summed E-state index contributed by atoms with van der Waals surface area (Å²) in [7, 11) is 0. The Hall–Kier alpha value is 0. The van der Waals surface area contributed by atoms with Gasteiger partial charge in [0.2, 0.25) is 0 Å². The van der Waals surface area contributed by atoms with Crippen LogP contribution in [0.15, 0.2) is 0 Å². The first-order valence-corrected chi connectivity index (χ1v) is 9.22. The van der Waals surface area contributed by atoms with Crippen LogP contribution in [0.5, 0.6) is 0 Å². The maximum Gasteiger partial charge on any atom is -0.0386 e. The molecule has 0 bridgehead atoms. The second kappa shape index (κ2) is 10.7. The Morgan fingerprint density at radius 1 is 0.550 bits per heavy atom. The maximum atomic E-state index is 2.51. The van der Waals surface area contributed by atoms with Crippen molar-refractivity contribution in [3.8, 4) is 0 Å². The molecule has 0 rings (SSSR count). The van der Waals surface area contributed by atoms with Gasteiger partial charge in [0.05, 0.1) is 0 Å². The Bertz CT molecular complexity index is 214. The summed E-state index contributed by atoms with van der Waals surface area (Å²) in [5.74, 6) is 5.31. The van der Waals surface area contributed by atoms with Crippen molar-refractivity contribution in [2.24, 2.45) is 35.5 Å². The van der Waals surface area contributed by atoms with Gasteiger partial charge in [0, 0.05) is 0 Å². The molecule has 0 saturated carbocycles. The quantitative estimate of drug-likeness (QED) is 0.376. The summed E-state index contributed by atoms with van der Waals surface area (Å²) in [5.41, 5.74) is 0. The molecule has 0 aromatic rings. The van der Waals surface area contributed by atoms with Crippen LogP contribution in [0.2, 0.25) is 0 Å². The van der Waals surface area contributed by atoms with E-state index in [0.717, 1.165) is 35.5 Å². The average Bonchev–Trinajstić information content (AvgIpc) is 2.25. The van der Waals surface area contributed by atoms with E-state index in [4.69, 9.17) is 0 Å². The predicted molar refractivity (Wildman–Crippen MR) is 94.0 cm³/mol. The van der Waals surface area contributed by atoms with Gasteiger partial charge in [-0.1, -0.05) is 74.7 Å². The summed E-state index contributed by atoms with van der Waals surface area (Å²) in [6.45, 7) is 19.2. The molecule has 0 heterocycles. The highest BCUT2D eigenvalue weighted by molar-refractivity contribution is 4.72. The summed E-state index contributed by atoms with van der Waals surface area (Å²) in [5, 5.41) is 0. The van der Waals surface area contributed by atoms with Gasteiger partial charge in [-0.2, -0.15) is 0 Å². The van der Waals surface area contributed by atoms with Crippen LogP contribution >= 0.6 is 0 Å². The van der Waals surface area contributed by atoms with E-state index < -0.39 is 0 Å². The largest absolute Gasteiger partial charge is 0.0628 e. The minimum atomic E-state index is 0.849. The van der Waals surface area contributed by atoms with E-state index in [1.54, 1.807) is 0 Å². The second-order valence-corrected chi connectivity index (χ2v) is 8.66. The van der Waals surface area contributed by atoms with Crippen molar-refractivity contribution in [1.82, 2.24) is 0 Å². The lowest BCUT2D eigenvalue weighted by molar-refractivity contribution is 0.225. The summed E-state index contributed by atoms with van der Waals surface area (Å²) < 4.78 is 0. The van der Waals surface area contributed by atoms with Gasteiger partial charge in [-0.05, 0) is 54.8 Å². The molecule has 0 aromatic heterocycles. The Morgan fingerprint density at radius 3 is 1.55 bits per heavy atom. The molecule has 0 fully saturated rings. The lowest BCUT2D eigenvalue weighted by Gasteiger charge is -2.28. The first kappa shape index (κ1) is 20.0. The van der Waals surface area contributed by atoms with Crippen LogP contribution in [-0.2, 0) is 0 Å². The van der Waals surface area contributed by atoms with Crippen LogP contribution < -0.4 is 0 Å². The van der Waals surface area contributed by atoms with Crippen molar-refractivity contribution in [1.29, 1.82) is 0 Å². The lowest BCUT2D eigenvalue weighted by atomic mass is 9.77. The van der Waals surface area contributed by atoms with Crippen LogP contribution in [0.4, 0.5) is 0 Å². The highest BCUT2D eigenvalue weighted by Crippen LogP contribution is 2.32. The second-order valence-electron chi connectivity index (χ2n) is 8.66. The Balaban J connectivity index is 4.28. The number of hydrogen-bond acceptors (Lipinski definition) is 0. The molecule has 0 nitrogen and oxygen atoms in total. The van der Waals surface area contributed by atoms with Gasteiger partial charge in [0.25, 0.3) is 0 Å². The van der Waals surface area contributed by atoms with E-state index in [1.807, 2.05) is 0 Å². The van der Waals surface area contributed by atoms with Crippen LogP contribution in [0.1, 0.15) is 93.9 Å². The lowest BCUT2D eigenvalue weighted by Crippen LogP contribution is -2.18. The molecule has 0 aromatic carbocycles. The third kappa shape index (κ3) is 10.7. The highest BCUT2D eigenvalue weighted by atomic mass is 14.3. The zero-order valence-electron chi connectivity index (χ0n) is 15.7. The minimum Gasteiger partial charge on any atom is -0.0628 e. The average molecular weight is 283 g/mol. The van der Waals surface area contributed by atoms with E-state index in [1.165, 1.54) is 38.5 Å². The Labute approximate surface area is 130 Å². The molecule has 0 aliphatic rings. The molecule has 0 aliphatic heterocycles. The fourth-order valence-electron chi connectivity index (χ4n) is 3.76. The smallest absolute Gasteiger partial charge is 0.0386 e. The van der Waals surface area contributed by atoms with Gasteiger partial charge in [0.15, 0.2) is 0 Å². The molecule has 0 amide bonds. The van der Waals surface area contributed by atoms with Gasteiger partial charge >= 0.3 is 0 Å². The van der Waals surface area contributed by atoms with Crippen molar-refractivity contribution >= 4 is 0 Å². The van der Waals surface area contributed by atoms with Crippen LogP contribution in [0.3, 0.4) is 0 Å². The van der Waals surface area contributed by atoms with E-state index in [-0.39, 0.29) is 0 Å². The molecule has 20 heavy (non-hydrogen) atoms. The summed E-state index contributed by atoms with van der Waals surface area (Å²) in [6.07, 6.45) is 8.53. The van der Waals surface area contributed by atoms with Gasteiger partial charge in [-0.15, -0.1) is 0 Å². The fourth-order valence-corrected chi connectivity index (χ4v) is 3.76. The van der Waals surface area contributed by atoms with E-state index >= 15 is 0 Å². The molecule has 3 unspecified atom stereocenters. The molecule has 0 saturated heterocycles. The molecular weight excluding hydrogens is 240 g/mol. The highest BCUT2D eigenvalue weighted by Gasteiger charge is 2.21. The minimum absolute atomic E-state index is 0.849. The normalized spacial score (nSPS) is 16.9. The van der Waals surface area contributed by atoms with Crippen LogP contribution in [0, 0.1) is 35.5 Å². The Kier molecular flexibility index (Phi) is 10.7. The van der Waals surface area contributed by atoms with Gasteiger partial charge in [-0.3, -0.25) is 0 Å². The standard InChI is InChI=1S/C20H42/c1-15(2)10-9-11-20(13-17(5)6)19(8)14-18(7)12-16(3)4/h15-20H,9-14H2,1-8H3. The SMILES string of the molecule is CC(C)CCCC(CC(C)C)C(C)CC(C)CC(C)C. The van der Waals surface area contributed by atoms with Crippen LogP contribution in [0.25, 0.3) is 0 Å². The molecule has 0 N–H and O–H groups in total. The molecule has 0 aliphatic carbocycles. The van der Waals surface area contributed by atoms with Crippen molar-refractivity contribution in [3.05, 3.63) is 0 Å². The Morgan fingerprint density at radius 2 is 1.10 bits per heavy atom. The molecule has 0 heteroatoms. The monoisotopic (exact) mass is 282 g/mol. The molecule has 3 atom stereocenters. The zero-order valence-corrected chi connectivity index (χ0v) is 15.7. The molecule has 0 radical (unpaired) electrons. The molecule has 0 spiro atoms. The summed E-state index contributed by atoms with van der Waals surface area (Å²) >= 11 is 0. The van der Waals surface area contributed by atoms with Crippen molar-refractivity contribution < 1.29 is 0 Å². The van der Waals surface area contributed by atoms with Crippen molar-refractivity contribution in [3.63, 3.8) is 0 Å². The first-order valence-electron chi connectivity index (χ1n) is 9.22. The molecular formula is C20H42.